The summed E-state index contributed by atoms with van der Waals surface area (Å²) >= 11 is 11.8. The summed E-state index contributed by atoms with van der Waals surface area (Å²) in [6.45, 7) is -0.410. The molecule has 29 heavy (non-hydrogen) atoms. The zero-order chi connectivity index (χ0) is 21.6. The number of pyridine rings is 1. The highest BCUT2D eigenvalue weighted by molar-refractivity contribution is 7.92. The molecule has 2 aromatic rings. The first kappa shape index (κ1) is 22.4. The molecule has 0 bridgehead atoms. The van der Waals surface area contributed by atoms with E-state index in [1.54, 1.807) is 13.0 Å². The maximum absolute atomic E-state index is 13.0. The molecule has 0 spiro atoms. The van der Waals surface area contributed by atoms with Gasteiger partial charge in [-0.15, -0.1) is 0 Å². The molecule has 1 aliphatic heterocycles. The van der Waals surface area contributed by atoms with Crippen LogP contribution < -0.4 is 0 Å². The fourth-order valence-corrected chi connectivity index (χ4v) is 7.33. The van der Waals surface area contributed by atoms with Crippen LogP contribution in [0.2, 0.25) is 10.0 Å². The second-order valence-corrected chi connectivity index (χ2v) is 11.7. The van der Waals surface area contributed by atoms with Gasteiger partial charge in [0.05, 0.1) is 16.7 Å². The number of halogens is 2. The summed E-state index contributed by atoms with van der Waals surface area (Å²) in [5, 5.41) is 18.6. The Hall–Kier alpha value is -1.27. The molecule has 0 radical (unpaired) electrons. The van der Waals surface area contributed by atoms with Crippen molar-refractivity contribution in [3.05, 3.63) is 52.1 Å². The highest BCUT2D eigenvalue weighted by atomic mass is 35.5. The molecule has 1 aromatic heterocycles. The monoisotopic (exact) mass is 480 g/mol. The molecular formula is C17H18Cl2N2O6S2. The van der Waals surface area contributed by atoms with Crippen LogP contribution in [-0.4, -0.2) is 66.9 Å². The second-order valence-electron chi connectivity index (χ2n) is 6.84. The maximum atomic E-state index is 13.0. The van der Waals surface area contributed by atoms with Gasteiger partial charge < -0.3 is 10.2 Å². The van der Waals surface area contributed by atoms with E-state index in [1.165, 1.54) is 18.2 Å². The van der Waals surface area contributed by atoms with E-state index in [4.69, 9.17) is 23.2 Å². The lowest BCUT2D eigenvalue weighted by molar-refractivity contribution is 0.00156. The van der Waals surface area contributed by atoms with Gasteiger partial charge in [-0.2, -0.15) is 4.31 Å². The lowest BCUT2D eigenvalue weighted by Gasteiger charge is -2.26. The summed E-state index contributed by atoms with van der Waals surface area (Å²) in [6, 6.07) is 6.81. The largest absolute Gasteiger partial charge is 0.393 e. The first-order valence-corrected chi connectivity index (χ1v) is 12.1. The zero-order valence-corrected chi connectivity index (χ0v) is 18.3. The lowest BCUT2D eigenvalue weighted by atomic mass is 10.1. The molecule has 2 N–H and O–H groups in total. The van der Waals surface area contributed by atoms with E-state index in [0.717, 1.165) is 22.1 Å². The van der Waals surface area contributed by atoms with E-state index < -0.39 is 50.4 Å². The van der Waals surface area contributed by atoms with Gasteiger partial charge in [0.25, 0.3) is 0 Å². The normalized spacial score (nSPS) is 23.4. The number of aliphatic hydroxyl groups is 2. The van der Waals surface area contributed by atoms with Crippen LogP contribution in [0.4, 0.5) is 0 Å². The zero-order valence-electron chi connectivity index (χ0n) is 15.2. The highest BCUT2D eigenvalue weighted by Gasteiger charge is 2.55. The van der Waals surface area contributed by atoms with Crippen molar-refractivity contribution in [1.82, 2.24) is 9.29 Å². The fraction of sp³-hybridized carbons (Fsp3) is 0.353. The second kappa shape index (κ2) is 7.77. The SMILES string of the molecule is Cc1ccc(S(=O)(=O)N2C[C@H](S(=O)(=O)c3ccc(Cl)cn3)[C@](O)(CO)C2)c(Cl)c1. The molecule has 1 aliphatic rings. The third-order valence-corrected chi connectivity index (χ3v) is 9.44. The number of nitrogens with zero attached hydrogens (tertiary/aromatic N) is 2. The number of rotatable bonds is 5. The van der Waals surface area contributed by atoms with Crippen molar-refractivity contribution in [2.45, 2.75) is 27.7 Å². The fourth-order valence-electron chi connectivity index (χ4n) is 3.18. The van der Waals surface area contributed by atoms with Gasteiger partial charge in [0.15, 0.2) is 5.03 Å². The number of aliphatic hydroxyl groups excluding tert-OH is 1. The number of aromatic nitrogens is 1. The van der Waals surface area contributed by atoms with E-state index in [1.807, 2.05) is 0 Å². The molecule has 8 nitrogen and oxygen atoms in total. The first-order valence-electron chi connectivity index (χ1n) is 8.37. The average Bonchev–Trinajstić information content (AvgIpc) is 3.02. The third kappa shape index (κ3) is 4.02. The van der Waals surface area contributed by atoms with Crippen molar-refractivity contribution in [3.8, 4) is 0 Å². The van der Waals surface area contributed by atoms with E-state index >= 15 is 0 Å². The van der Waals surface area contributed by atoms with Gasteiger partial charge in [-0.25, -0.2) is 21.8 Å². The van der Waals surface area contributed by atoms with Gasteiger partial charge in [0.1, 0.15) is 15.7 Å². The summed E-state index contributed by atoms with van der Waals surface area (Å²) in [6.07, 6.45) is 1.13. The maximum Gasteiger partial charge on any atom is 0.244 e. The molecule has 2 heterocycles. The van der Waals surface area contributed by atoms with Gasteiger partial charge in [-0.05, 0) is 36.8 Å². The van der Waals surface area contributed by atoms with Crippen molar-refractivity contribution in [2.24, 2.45) is 0 Å². The van der Waals surface area contributed by atoms with Crippen LogP contribution >= 0.6 is 23.2 Å². The molecule has 3 rings (SSSR count). The molecule has 0 saturated carbocycles. The summed E-state index contributed by atoms with van der Waals surface area (Å²) in [5.74, 6) is 0. The Morgan fingerprint density at radius 3 is 2.45 bits per heavy atom. The molecule has 1 saturated heterocycles. The molecule has 0 aliphatic carbocycles. The van der Waals surface area contributed by atoms with Crippen LogP contribution in [0.15, 0.2) is 46.5 Å². The van der Waals surface area contributed by atoms with Gasteiger partial charge in [0, 0.05) is 19.3 Å². The molecule has 1 fully saturated rings. The minimum Gasteiger partial charge on any atom is -0.393 e. The molecule has 2 atom stereocenters. The van der Waals surface area contributed by atoms with E-state index in [-0.39, 0.29) is 20.0 Å². The number of sulfone groups is 1. The van der Waals surface area contributed by atoms with E-state index in [0.29, 0.717) is 0 Å². The Labute approximate surface area is 178 Å². The average molecular weight is 481 g/mol. The number of benzene rings is 1. The van der Waals surface area contributed by atoms with Crippen LogP contribution in [0.25, 0.3) is 0 Å². The van der Waals surface area contributed by atoms with Gasteiger partial charge in [0.2, 0.25) is 19.9 Å². The van der Waals surface area contributed by atoms with Crippen LogP contribution in [-0.2, 0) is 19.9 Å². The van der Waals surface area contributed by atoms with Crippen molar-refractivity contribution in [1.29, 1.82) is 0 Å². The summed E-state index contributed by atoms with van der Waals surface area (Å²) in [7, 11) is -8.51. The number of hydrogen-bond acceptors (Lipinski definition) is 7. The van der Waals surface area contributed by atoms with E-state index in [2.05, 4.69) is 4.98 Å². The predicted molar refractivity (Wildman–Crippen MR) is 107 cm³/mol. The predicted octanol–water partition coefficient (Wildman–Crippen LogP) is 1.27. The smallest absolute Gasteiger partial charge is 0.244 e. The number of hydrogen-bond donors (Lipinski definition) is 2. The summed E-state index contributed by atoms with van der Waals surface area (Å²) in [5.41, 5.74) is -1.47. The Bertz CT molecular complexity index is 1140. The molecule has 1 aromatic carbocycles. The minimum absolute atomic E-state index is 0.0248. The standard InChI is InChI=1S/C17H18Cl2N2O6S2/c1-11-2-4-14(13(19)6-11)29(26,27)21-8-15(17(23,9-21)10-22)28(24,25)16-5-3-12(18)7-20-16/h2-7,15,22-23H,8-10H2,1H3/t15-,17+/m0/s1. The van der Waals surface area contributed by atoms with Gasteiger partial charge in [-0.3, -0.25) is 0 Å². The Morgan fingerprint density at radius 1 is 1.21 bits per heavy atom. The number of β-amino-alcohol motifs (C(OH)–C–C–N with tert-alkyl or cyclic N) is 1. The Kier molecular flexibility index (Phi) is 6.00. The molecule has 12 heteroatoms. The summed E-state index contributed by atoms with van der Waals surface area (Å²) < 4.78 is 52.9. The van der Waals surface area contributed by atoms with Crippen molar-refractivity contribution in [3.63, 3.8) is 0 Å². The Morgan fingerprint density at radius 2 is 1.90 bits per heavy atom. The van der Waals surface area contributed by atoms with Crippen LogP contribution in [0, 0.1) is 6.92 Å². The van der Waals surface area contributed by atoms with Crippen LogP contribution in [0.5, 0.6) is 0 Å². The topological polar surface area (TPSA) is 125 Å². The van der Waals surface area contributed by atoms with Gasteiger partial charge in [-0.1, -0.05) is 29.3 Å². The minimum atomic E-state index is -4.29. The Balaban J connectivity index is 2.03. The summed E-state index contributed by atoms with van der Waals surface area (Å²) in [4.78, 5) is 3.55. The van der Waals surface area contributed by atoms with Crippen LogP contribution in [0.3, 0.4) is 0 Å². The third-order valence-electron chi connectivity index (χ3n) is 4.76. The van der Waals surface area contributed by atoms with Gasteiger partial charge >= 0.3 is 0 Å². The van der Waals surface area contributed by atoms with Crippen molar-refractivity contribution in [2.75, 3.05) is 19.7 Å². The number of sulfonamides is 1. The lowest BCUT2D eigenvalue weighted by Crippen LogP contribution is -2.49. The van der Waals surface area contributed by atoms with Crippen LogP contribution in [0.1, 0.15) is 5.56 Å². The van der Waals surface area contributed by atoms with Crippen molar-refractivity contribution >= 4 is 43.1 Å². The molecule has 0 amide bonds. The first-order chi connectivity index (χ1) is 13.4. The molecule has 158 valence electrons. The molecule has 0 unspecified atom stereocenters. The van der Waals surface area contributed by atoms with E-state index in [9.17, 15) is 27.0 Å². The quantitative estimate of drug-likeness (QED) is 0.659. The highest BCUT2D eigenvalue weighted by Crippen LogP contribution is 2.35. The van der Waals surface area contributed by atoms with Crippen molar-refractivity contribution < 1.29 is 27.0 Å². The number of aryl methyl sites for hydroxylation is 1. The molecular weight excluding hydrogens is 463 g/mol.